The van der Waals surface area contributed by atoms with E-state index in [4.69, 9.17) is 5.11 Å². The van der Waals surface area contributed by atoms with Crippen molar-refractivity contribution in [2.45, 2.75) is 17.6 Å². The first kappa shape index (κ1) is 15.5. The van der Waals surface area contributed by atoms with E-state index < -0.39 is 21.7 Å². The van der Waals surface area contributed by atoms with Crippen LogP contribution in [0.15, 0.2) is 34.0 Å². The molecule has 6 nitrogen and oxygen atoms in total. The summed E-state index contributed by atoms with van der Waals surface area (Å²) in [6, 6.07) is 7.06. The van der Waals surface area contributed by atoms with Crippen molar-refractivity contribution in [3.8, 4) is 0 Å². The number of nitrogens with zero attached hydrogens (tertiary/aromatic N) is 2. The Morgan fingerprint density at radius 1 is 1.33 bits per heavy atom. The van der Waals surface area contributed by atoms with Crippen molar-refractivity contribution in [2.75, 3.05) is 11.4 Å². The molecule has 8 heteroatoms. The second-order valence-corrected chi connectivity index (χ2v) is 7.31. The first-order chi connectivity index (χ1) is 9.87. The van der Waals surface area contributed by atoms with Crippen molar-refractivity contribution in [1.29, 1.82) is 0 Å². The topological polar surface area (TPSA) is 87.6 Å². The van der Waals surface area contributed by atoms with Crippen molar-refractivity contribution < 1.29 is 18.3 Å². The number of hydrogen-bond acceptors (Lipinski definition) is 5. The van der Waals surface area contributed by atoms with Crippen molar-refractivity contribution in [3.63, 3.8) is 0 Å². The van der Waals surface area contributed by atoms with Crippen LogP contribution in [0.25, 0.3) is 0 Å². The quantitative estimate of drug-likeness (QED) is 0.910. The fourth-order valence-electron chi connectivity index (χ4n) is 1.77. The molecule has 21 heavy (non-hydrogen) atoms. The Morgan fingerprint density at radius 3 is 2.48 bits per heavy atom. The van der Waals surface area contributed by atoms with E-state index in [9.17, 15) is 13.2 Å². The molecule has 0 spiro atoms. The number of aromatic nitrogens is 1. The van der Waals surface area contributed by atoms with Gasteiger partial charge in [-0.1, -0.05) is 19.1 Å². The van der Waals surface area contributed by atoms with Crippen molar-refractivity contribution in [2.24, 2.45) is 0 Å². The van der Waals surface area contributed by atoms with E-state index in [0.717, 1.165) is 27.6 Å². The highest BCUT2D eigenvalue weighted by Gasteiger charge is 2.29. The number of thiazole rings is 1. The molecule has 0 atom stereocenters. The summed E-state index contributed by atoms with van der Waals surface area (Å²) in [4.78, 5) is 14.6. The van der Waals surface area contributed by atoms with Gasteiger partial charge in [0, 0.05) is 7.05 Å². The molecule has 1 aromatic heterocycles. The summed E-state index contributed by atoms with van der Waals surface area (Å²) in [5.74, 6) is -1.36. The average Bonchev–Trinajstić information content (AvgIpc) is 2.97. The molecule has 0 unspecified atom stereocenters. The number of rotatable bonds is 5. The third kappa shape index (κ3) is 2.91. The number of carboxylic acids is 1. The van der Waals surface area contributed by atoms with Gasteiger partial charge in [0.25, 0.3) is 10.0 Å². The molecule has 1 N–H and O–H groups in total. The standard InChI is InChI=1S/C13H14N2O4S2/c1-3-9-4-6-10(7-5-9)15(2)21(18,19)13-11(12(16)17)14-8-20-13/h4-8H,3H2,1-2H3,(H,16,17). The first-order valence-electron chi connectivity index (χ1n) is 6.12. The van der Waals surface area contributed by atoms with Crippen LogP contribution in [0.3, 0.4) is 0 Å². The van der Waals surface area contributed by atoms with Crippen LogP contribution in [-0.4, -0.2) is 31.5 Å². The summed E-state index contributed by atoms with van der Waals surface area (Å²) >= 11 is 0.794. The molecule has 1 aromatic carbocycles. The van der Waals surface area contributed by atoms with Crippen molar-refractivity contribution in [3.05, 3.63) is 41.0 Å². The number of aryl methyl sites for hydroxylation is 1. The van der Waals surface area contributed by atoms with E-state index >= 15 is 0 Å². The van der Waals surface area contributed by atoms with Crippen molar-refractivity contribution >= 4 is 33.0 Å². The van der Waals surface area contributed by atoms with Gasteiger partial charge >= 0.3 is 5.97 Å². The Balaban J connectivity index is 2.42. The molecule has 0 saturated carbocycles. The van der Waals surface area contributed by atoms with Gasteiger partial charge in [-0.3, -0.25) is 4.31 Å². The number of aromatic carboxylic acids is 1. The highest BCUT2D eigenvalue weighted by atomic mass is 32.2. The van der Waals surface area contributed by atoms with Gasteiger partial charge in [0.1, 0.15) is 0 Å². The normalized spacial score (nSPS) is 11.3. The first-order valence-corrected chi connectivity index (χ1v) is 8.44. The zero-order chi connectivity index (χ0) is 15.6. The molecule has 0 amide bonds. The maximum Gasteiger partial charge on any atom is 0.356 e. The van der Waals surface area contributed by atoms with Crippen LogP contribution in [0, 0.1) is 0 Å². The summed E-state index contributed by atoms with van der Waals surface area (Å²) in [7, 11) is -2.54. The summed E-state index contributed by atoms with van der Waals surface area (Å²) in [5, 5.41) is 9.00. The summed E-state index contributed by atoms with van der Waals surface area (Å²) < 4.78 is 25.8. The Bertz CT molecular complexity index is 751. The molecular weight excluding hydrogens is 312 g/mol. The Kier molecular flexibility index (Phi) is 4.29. The Morgan fingerprint density at radius 2 is 1.95 bits per heavy atom. The maximum atomic E-state index is 12.5. The van der Waals surface area contributed by atoms with Gasteiger partial charge in [0.15, 0.2) is 9.90 Å². The third-order valence-corrected chi connectivity index (χ3v) is 6.17. The van der Waals surface area contributed by atoms with Gasteiger partial charge in [-0.05, 0) is 24.1 Å². The fraction of sp³-hybridized carbons (Fsp3) is 0.231. The maximum absolute atomic E-state index is 12.5. The van der Waals surface area contributed by atoms with E-state index in [1.54, 1.807) is 12.1 Å². The molecule has 0 aliphatic heterocycles. The van der Waals surface area contributed by atoms with Gasteiger partial charge in [-0.15, -0.1) is 11.3 Å². The van der Waals surface area contributed by atoms with Crippen LogP contribution in [0.5, 0.6) is 0 Å². The minimum Gasteiger partial charge on any atom is -0.476 e. The van der Waals surface area contributed by atoms with E-state index in [-0.39, 0.29) is 4.21 Å². The molecule has 0 saturated heterocycles. The molecule has 1 heterocycles. The minimum absolute atomic E-state index is 0.267. The fourth-order valence-corrected chi connectivity index (χ4v) is 4.25. The van der Waals surface area contributed by atoms with E-state index in [2.05, 4.69) is 4.98 Å². The number of carbonyl (C=O) groups is 1. The number of carboxylic acid groups (broad SMARTS) is 1. The summed E-state index contributed by atoms with van der Waals surface area (Å²) in [5.41, 5.74) is 2.33. The predicted molar refractivity (Wildman–Crippen MR) is 80.5 cm³/mol. The van der Waals surface area contributed by atoms with E-state index in [1.165, 1.54) is 12.6 Å². The van der Waals surface area contributed by atoms with Crippen LogP contribution in [0.4, 0.5) is 5.69 Å². The van der Waals surface area contributed by atoms with Crippen LogP contribution in [-0.2, 0) is 16.4 Å². The predicted octanol–water partition coefficient (Wildman–Crippen LogP) is 2.23. The molecule has 2 aromatic rings. The zero-order valence-electron chi connectivity index (χ0n) is 11.5. The van der Waals surface area contributed by atoms with E-state index in [1.807, 2.05) is 19.1 Å². The van der Waals surface area contributed by atoms with Gasteiger partial charge < -0.3 is 5.11 Å². The lowest BCUT2D eigenvalue weighted by atomic mass is 10.1. The lowest BCUT2D eigenvalue weighted by molar-refractivity contribution is 0.0687. The van der Waals surface area contributed by atoms with Crippen LogP contribution >= 0.6 is 11.3 Å². The SMILES string of the molecule is CCc1ccc(N(C)S(=O)(=O)c2scnc2C(=O)O)cc1. The monoisotopic (exact) mass is 326 g/mol. The number of sulfonamides is 1. The third-order valence-electron chi connectivity index (χ3n) is 3.04. The minimum atomic E-state index is -3.94. The molecule has 0 aliphatic carbocycles. The van der Waals surface area contributed by atoms with Crippen molar-refractivity contribution in [1.82, 2.24) is 4.98 Å². The molecule has 0 aliphatic rings. The van der Waals surface area contributed by atoms with E-state index in [0.29, 0.717) is 5.69 Å². The summed E-state index contributed by atoms with van der Waals surface area (Å²) in [6.45, 7) is 2.01. The molecule has 0 bridgehead atoms. The lowest BCUT2D eigenvalue weighted by Gasteiger charge is -2.18. The van der Waals surface area contributed by atoms with Crippen LogP contribution in [0.1, 0.15) is 23.0 Å². The zero-order valence-corrected chi connectivity index (χ0v) is 13.1. The molecule has 0 radical (unpaired) electrons. The smallest absolute Gasteiger partial charge is 0.356 e. The highest BCUT2D eigenvalue weighted by molar-refractivity contribution is 7.94. The van der Waals surface area contributed by atoms with Gasteiger partial charge in [-0.2, -0.15) is 0 Å². The van der Waals surface area contributed by atoms with Crippen LogP contribution < -0.4 is 4.31 Å². The number of benzene rings is 1. The Labute approximate surface area is 126 Å². The second-order valence-electron chi connectivity index (χ2n) is 4.29. The number of hydrogen-bond donors (Lipinski definition) is 1. The van der Waals surface area contributed by atoms with Crippen LogP contribution in [0.2, 0.25) is 0 Å². The molecule has 0 fully saturated rings. The van der Waals surface area contributed by atoms with Gasteiger partial charge in [0.2, 0.25) is 0 Å². The Hall–Kier alpha value is -1.93. The molecule has 2 rings (SSSR count). The van der Waals surface area contributed by atoms with Gasteiger partial charge in [0.05, 0.1) is 11.2 Å². The molecular formula is C13H14N2O4S2. The lowest BCUT2D eigenvalue weighted by Crippen LogP contribution is -2.27. The largest absolute Gasteiger partial charge is 0.476 e. The summed E-state index contributed by atoms with van der Waals surface area (Å²) in [6.07, 6.45) is 0.856. The number of anilines is 1. The average molecular weight is 326 g/mol. The second kappa shape index (κ2) is 5.82. The van der Waals surface area contributed by atoms with Gasteiger partial charge in [-0.25, -0.2) is 18.2 Å². The highest BCUT2D eigenvalue weighted by Crippen LogP contribution is 2.27. The molecule has 112 valence electrons.